The highest BCUT2D eigenvalue weighted by Crippen LogP contribution is 2.16. The van der Waals surface area contributed by atoms with Gasteiger partial charge in [-0.1, -0.05) is 201 Å². The first kappa shape index (κ1) is 40.2. The Bertz CT molecular complexity index is 663. The lowest BCUT2D eigenvalue weighted by molar-refractivity contribution is -0.704. The highest BCUT2D eigenvalue weighted by molar-refractivity contribution is 4.84. The predicted octanol–water partition coefficient (Wildman–Crippen LogP) is 13.9. The molecule has 0 aliphatic heterocycles. The van der Waals surface area contributed by atoms with Crippen LogP contribution in [0.4, 0.5) is 0 Å². The van der Waals surface area contributed by atoms with E-state index in [4.69, 9.17) is 0 Å². The van der Waals surface area contributed by atoms with Gasteiger partial charge in [-0.05, 0) is 25.7 Å². The zero-order valence-corrected chi connectivity index (χ0v) is 30.3. The molecule has 0 atom stereocenters. The molecule has 0 aliphatic carbocycles. The Balaban J connectivity index is 2.01. The lowest BCUT2D eigenvalue weighted by atomic mass is 10.0. The summed E-state index contributed by atoms with van der Waals surface area (Å²) in [5, 5.41) is 0. The third-order valence-electron chi connectivity index (χ3n) is 9.81. The summed E-state index contributed by atoms with van der Waals surface area (Å²) in [7, 11) is 0. The van der Waals surface area contributed by atoms with Crippen molar-refractivity contribution in [2.45, 2.75) is 246 Å². The number of unbranched alkanes of at least 4 members (excludes halogenated alkanes) is 29. The van der Waals surface area contributed by atoms with Crippen LogP contribution in [0, 0.1) is 0 Å². The van der Waals surface area contributed by atoms with Gasteiger partial charge in [-0.2, -0.15) is 0 Å². The summed E-state index contributed by atoms with van der Waals surface area (Å²) in [6.07, 6.45) is 52.1. The maximum absolute atomic E-state index is 2.60. The molecular formula is C41H81N2+. The minimum Gasteiger partial charge on any atom is -0.234 e. The minimum atomic E-state index is 1.18. The van der Waals surface area contributed by atoms with Crippen LogP contribution in [0.5, 0.6) is 0 Å². The number of aryl methyl sites for hydroxylation is 2. The van der Waals surface area contributed by atoms with Crippen LogP contribution in [0.2, 0.25) is 0 Å². The molecule has 0 spiro atoms. The van der Waals surface area contributed by atoms with Gasteiger partial charge in [0.15, 0.2) is 0 Å². The van der Waals surface area contributed by atoms with E-state index in [1.54, 1.807) is 5.82 Å². The topological polar surface area (TPSA) is 8.81 Å². The van der Waals surface area contributed by atoms with E-state index in [0.717, 1.165) is 0 Å². The van der Waals surface area contributed by atoms with Crippen LogP contribution in [0.1, 0.15) is 232 Å². The highest BCUT2D eigenvalue weighted by atomic mass is 15.1. The molecule has 1 aromatic rings. The van der Waals surface area contributed by atoms with Gasteiger partial charge in [-0.15, -0.1) is 0 Å². The Morgan fingerprint density at radius 2 is 0.721 bits per heavy atom. The molecule has 254 valence electrons. The summed E-state index contributed by atoms with van der Waals surface area (Å²) in [5.41, 5.74) is 0. The third kappa shape index (κ3) is 25.1. The molecule has 1 heterocycles. The Kier molecular flexibility index (Phi) is 30.5. The maximum atomic E-state index is 2.60. The van der Waals surface area contributed by atoms with Crippen molar-refractivity contribution < 1.29 is 4.57 Å². The van der Waals surface area contributed by atoms with Gasteiger partial charge in [-0.3, -0.25) is 0 Å². The van der Waals surface area contributed by atoms with E-state index in [2.05, 4.69) is 42.3 Å². The average molecular weight is 602 g/mol. The average Bonchev–Trinajstić information content (AvgIpc) is 3.39. The van der Waals surface area contributed by atoms with Crippen LogP contribution in [-0.2, 0) is 19.5 Å². The predicted molar refractivity (Wildman–Crippen MR) is 193 cm³/mol. The van der Waals surface area contributed by atoms with Gasteiger partial charge in [0.25, 0.3) is 5.82 Å². The molecule has 0 bridgehead atoms. The molecule has 0 radical (unpaired) electrons. The van der Waals surface area contributed by atoms with E-state index in [9.17, 15) is 0 Å². The molecule has 2 nitrogen and oxygen atoms in total. The number of aromatic nitrogens is 2. The summed E-state index contributed by atoms with van der Waals surface area (Å²) in [6.45, 7) is 9.34. The van der Waals surface area contributed by atoms with Crippen molar-refractivity contribution in [2.24, 2.45) is 0 Å². The van der Waals surface area contributed by atoms with Crippen molar-refractivity contribution in [3.63, 3.8) is 0 Å². The molecule has 0 unspecified atom stereocenters. The van der Waals surface area contributed by atoms with Gasteiger partial charge in [-0.25, -0.2) is 9.13 Å². The van der Waals surface area contributed by atoms with Crippen LogP contribution in [-0.4, -0.2) is 4.57 Å². The van der Waals surface area contributed by atoms with E-state index >= 15 is 0 Å². The lowest BCUT2D eigenvalue weighted by Crippen LogP contribution is -2.37. The standard InChI is InChI=1S/C41H81N2/c1-4-7-9-11-13-15-17-19-21-23-25-27-29-31-33-35-38-43-40-39-42(37-6-3)41(43)36-34-32-30-28-26-24-22-20-18-16-14-12-10-8-5-2/h39-40H,4-38H2,1-3H3/q+1. The van der Waals surface area contributed by atoms with Gasteiger partial charge in [0.2, 0.25) is 0 Å². The molecular weight excluding hydrogens is 520 g/mol. The van der Waals surface area contributed by atoms with Crippen molar-refractivity contribution in [3.8, 4) is 0 Å². The van der Waals surface area contributed by atoms with E-state index in [0.29, 0.717) is 0 Å². The largest absolute Gasteiger partial charge is 0.256 e. The van der Waals surface area contributed by atoms with Crippen LogP contribution in [0.25, 0.3) is 0 Å². The fraction of sp³-hybridized carbons (Fsp3) is 0.927. The fourth-order valence-corrected chi connectivity index (χ4v) is 6.92. The molecule has 43 heavy (non-hydrogen) atoms. The second kappa shape index (κ2) is 32.6. The molecule has 0 saturated carbocycles. The lowest BCUT2D eigenvalue weighted by Gasteiger charge is -2.06. The van der Waals surface area contributed by atoms with Gasteiger partial charge >= 0.3 is 0 Å². The number of nitrogens with zero attached hydrogens (tertiary/aromatic N) is 2. The van der Waals surface area contributed by atoms with Gasteiger partial charge in [0, 0.05) is 6.42 Å². The van der Waals surface area contributed by atoms with Crippen LogP contribution in [0.15, 0.2) is 12.4 Å². The third-order valence-corrected chi connectivity index (χ3v) is 9.81. The van der Waals surface area contributed by atoms with E-state index < -0.39 is 0 Å². The summed E-state index contributed by atoms with van der Waals surface area (Å²) < 4.78 is 5.15. The molecule has 1 rings (SSSR count). The first-order valence-corrected chi connectivity index (χ1v) is 20.4. The van der Waals surface area contributed by atoms with Crippen molar-refractivity contribution in [1.82, 2.24) is 4.57 Å². The second-order valence-electron chi connectivity index (χ2n) is 14.1. The molecule has 0 saturated heterocycles. The van der Waals surface area contributed by atoms with Gasteiger partial charge in [0.05, 0.1) is 13.1 Å². The quantitative estimate of drug-likeness (QED) is 0.0540. The molecule has 0 N–H and O–H groups in total. The van der Waals surface area contributed by atoms with Gasteiger partial charge in [0.1, 0.15) is 12.4 Å². The first-order chi connectivity index (χ1) is 21.3. The molecule has 0 aliphatic rings. The number of hydrogen-bond acceptors (Lipinski definition) is 0. The van der Waals surface area contributed by atoms with Gasteiger partial charge < -0.3 is 0 Å². The van der Waals surface area contributed by atoms with Crippen LogP contribution in [0.3, 0.4) is 0 Å². The van der Waals surface area contributed by atoms with Crippen LogP contribution < -0.4 is 4.57 Å². The molecule has 1 aromatic heterocycles. The number of imidazole rings is 1. The molecule has 0 amide bonds. The van der Waals surface area contributed by atoms with Crippen molar-refractivity contribution >= 4 is 0 Å². The summed E-state index contributed by atoms with van der Waals surface area (Å²) in [4.78, 5) is 0. The van der Waals surface area contributed by atoms with E-state index in [1.165, 1.54) is 225 Å². The zero-order valence-electron chi connectivity index (χ0n) is 30.3. The van der Waals surface area contributed by atoms with Crippen LogP contribution >= 0.6 is 0 Å². The number of rotatable bonds is 35. The summed E-state index contributed by atoms with van der Waals surface area (Å²) in [6, 6.07) is 0. The number of hydrogen-bond donors (Lipinski definition) is 0. The Morgan fingerprint density at radius 3 is 1.07 bits per heavy atom. The monoisotopic (exact) mass is 602 g/mol. The smallest absolute Gasteiger partial charge is 0.234 e. The molecule has 2 heteroatoms. The molecule has 0 aromatic carbocycles. The van der Waals surface area contributed by atoms with E-state index in [-0.39, 0.29) is 0 Å². The highest BCUT2D eigenvalue weighted by Gasteiger charge is 2.15. The maximum Gasteiger partial charge on any atom is 0.256 e. The summed E-state index contributed by atoms with van der Waals surface area (Å²) >= 11 is 0. The molecule has 0 fully saturated rings. The Labute approximate surface area is 272 Å². The van der Waals surface area contributed by atoms with Crippen molar-refractivity contribution in [3.05, 3.63) is 18.2 Å². The summed E-state index contributed by atoms with van der Waals surface area (Å²) in [5.74, 6) is 1.59. The Morgan fingerprint density at radius 1 is 0.395 bits per heavy atom. The van der Waals surface area contributed by atoms with Crippen molar-refractivity contribution in [1.29, 1.82) is 0 Å². The minimum absolute atomic E-state index is 1.18. The first-order valence-electron chi connectivity index (χ1n) is 20.4. The zero-order chi connectivity index (χ0) is 30.9. The van der Waals surface area contributed by atoms with Crippen molar-refractivity contribution in [2.75, 3.05) is 0 Å². The SMILES string of the molecule is CCCCCCCCCCCCCCCCCC[n+]1ccn(CCC)c1CCCCCCCCCCCCCCCCC. The van der Waals surface area contributed by atoms with E-state index in [1.807, 2.05) is 0 Å². The normalized spacial score (nSPS) is 11.6. The fourth-order valence-electron chi connectivity index (χ4n) is 6.92. The Hall–Kier alpha value is -0.790. The second-order valence-corrected chi connectivity index (χ2v) is 14.1.